The van der Waals surface area contributed by atoms with E-state index < -0.39 is 0 Å². The Morgan fingerprint density at radius 2 is 0.864 bits per heavy atom. The summed E-state index contributed by atoms with van der Waals surface area (Å²) in [6.07, 6.45) is 3.46. The summed E-state index contributed by atoms with van der Waals surface area (Å²) in [5.41, 5.74) is 0.888. The van der Waals surface area contributed by atoms with E-state index >= 15 is 0 Å². The average Bonchev–Trinajstić information content (AvgIpc) is 3.07. The molecule has 2 amide bonds. The number of ether oxygens (including phenoxy) is 4. The van der Waals surface area contributed by atoms with Crippen molar-refractivity contribution in [3.05, 3.63) is 120 Å². The number of carbonyl (C=O) groups excluding carboxylic acids is 2. The van der Waals surface area contributed by atoms with Crippen LogP contribution in [0.15, 0.2) is 109 Å². The molecule has 0 aromatic heterocycles. The number of nitrogens with one attached hydrogen (secondary N) is 2. The first-order valence-corrected chi connectivity index (χ1v) is 15.1. The molecule has 1 saturated carbocycles. The fourth-order valence-corrected chi connectivity index (χ4v) is 5.18. The molecule has 0 aliphatic heterocycles. The molecule has 5 rings (SSSR count). The third-order valence-corrected chi connectivity index (χ3v) is 7.37. The molecule has 44 heavy (non-hydrogen) atoms. The first kappa shape index (κ1) is 30.5. The van der Waals surface area contributed by atoms with Gasteiger partial charge in [-0.2, -0.15) is 0 Å². The molecule has 8 nitrogen and oxygen atoms in total. The topological polar surface area (TPSA) is 95.1 Å². The lowest BCUT2D eigenvalue weighted by molar-refractivity contribution is 0.0857. The van der Waals surface area contributed by atoms with Crippen LogP contribution in [-0.2, 0) is 0 Å². The molecule has 1 aliphatic carbocycles. The Kier molecular flexibility index (Phi) is 11.1. The monoisotopic (exact) mass is 594 g/mol. The van der Waals surface area contributed by atoms with Crippen molar-refractivity contribution in [1.82, 2.24) is 10.6 Å². The summed E-state index contributed by atoms with van der Waals surface area (Å²) in [5, 5.41) is 6.32. The van der Waals surface area contributed by atoms with Crippen LogP contribution in [0.4, 0.5) is 0 Å². The van der Waals surface area contributed by atoms with Crippen LogP contribution < -0.4 is 29.6 Å². The number of amides is 2. The van der Waals surface area contributed by atoms with Crippen LogP contribution in [0.25, 0.3) is 0 Å². The number of hydrogen-bond donors (Lipinski definition) is 2. The van der Waals surface area contributed by atoms with Gasteiger partial charge in [0.2, 0.25) is 0 Å². The Bertz CT molecular complexity index is 1370. The van der Waals surface area contributed by atoms with Gasteiger partial charge in [0.15, 0.2) is 0 Å². The predicted molar refractivity (Wildman–Crippen MR) is 169 cm³/mol. The van der Waals surface area contributed by atoms with Crippen molar-refractivity contribution in [3.8, 4) is 23.0 Å². The zero-order valence-corrected chi connectivity index (χ0v) is 24.7. The van der Waals surface area contributed by atoms with Gasteiger partial charge in [0, 0.05) is 12.1 Å². The quantitative estimate of drug-likeness (QED) is 0.172. The van der Waals surface area contributed by atoms with Gasteiger partial charge in [-0.3, -0.25) is 9.59 Å². The lowest BCUT2D eigenvalue weighted by Crippen LogP contribution is -2.53. The third-order valence-electron chi connectivity index (χ3n) is 7.37. The molecule has 4 aromatic rings. The van der Waals surface area contributed by atoms with Crippen molar-refractivity contribution in [2.75, 3.05) is 26.4 Å². The highest BCUT2D eigenvalue weighted by molar-refractivity contribution is 5.98. The van der Waals surface area contributed by atoms with E-state index in [-0.39, 0.29) is 23.9 Å². The van der Waals surface area contributed by atoms with E-state index in [1.54, 1.807) is 24.3 Å². The van der Waals surface area contributed by atoms with Gasteiger partial charge in [-0.05, 0) is 61.4 Å². The second-order valence-electron chi connectivity index (χ2n) is 10.5. The van der Waals surface area contributed by atoms with Gasteiger partial charge in [-0.15, -0.1) is 0 Å². The van der Waals surface area contributed by atoms with Crippen LogP contribution in [-0.4, -0.2) is 50.3 Å². The average molecular weight is 595 g/mol. The fraction of sp³-hybridized carbons (Fsp3) is 0.278. The van der Waals surface area contributed by atoms with Gasteiger partial charge in [-0.1, -0.05) is 73.5 Å². The largest absolute Gasteiger partial charge is 0.490 e. The second kappa shape index (κ2) is 16.0. The van der Waals surface area contributed by atoms with E-state index in [2.05, 4.69) is 10.6 Å². The van der Waals surface area contributed by atoms with Crippen molar-refractivity contribution < 1.29 is 28.5 Å². The van der Waals surface area contributed by atoms with E-state index in [9.17, 15) is 9.59 Å². The molecular formula is C36H38N2O6. The molecule has 4 aromatic carbocycles. The van der Waals surface area contributed by atoms with Gasteiger partial charge in [-0.25, -0.2) is 0 Å². The molecule has 228 valence electrons. The molecule has 1 aliphatic rings. The van der Waals surface area contributed by atoms with Crippen molar-refractivity contribution in [3.63, 3.8) is 0 Å². The third kappa shape index (κ3) is 8.77. The molecule has 8 heteroatoms. The van der Waals surface area contributed by atoms with E-state index in [0.717, 1.165) is 37.2 Å². The summed E-state index contributed by atoms with van der Waals surface area (Å²) < 4.78 is 23.3. The maximum Gasteiger partial charge on any atom is 0.255 e. The molecule has 0 spiro atoms. The minimum absolute atomic E-state index is 0.220. The Morgan fingerprint density at radius 1 is 0.500 bits per heavy atom. The number of para-hydroxylation sites is 4. The molecule has 2 unspecified atom stereocenters. The molecule has 2 N–H and O–H groups in total. The molecule has 0 radical (unpaired) electrons. The number of carbonyl (C=O) groups is 2. The van der Waals surface area contributed by atoms with Crippen molar-refractivity contribution in [1.29, 1.82) is 0 Å². The van der Waals surface area contributed by atoms with E-state index in [1.807, 2.05) is 84.9 Å². The van der Waals surface area contributed by atoms with Crippen LogP contribution in [0, 0.1) is 0 Å². The standard InChI is InChI=1S/C36H38N2O6/c39-35(29-17-7-11-21-33(29)43-25-23-41-27-13-3-1-4-14-27)37-31-19-9-10-20-32(31)38-36(40)30-18-8-12-22-34(30)44-26-24-42-28-15-5-2-6-16-28/h1-8,11-18,21-22,31-32H,9-10,19-20,23-26H2,(H,37,39)(H,38,40). The second-order valence-corrected chi connectivity index (χ2v) is 10.5. The van der Waals surface area contributed by atoms with E-state index in [1.165, 1.54) is 0 Å². The first-order chi connectivity index (χ1) is 21.7. The van der Waals surface area contributed by atoms with E-state index in [0.29, 0.717) is 49.1 Å². The van der Waals surface area contributed by atoms with E-state index in [4.69, 9.17) is 18.9 Å². The zero-order chi connectivity index (χ0) is 30.4. The predicted octanol–water partition coefficient (Wildman–Crippen LogP) is 6.07. The minimum atomic E-state index is -0.238. The van der Waals surface area contributed by atoms with Gasteiger partial charge in [0.25, 0.3) is 11.8 Å². The summed E-state index contributed by atoms with van der Waals surface area (Å²) in [6.45, 7) is 1.28. The highest BCUT2D eigenvalue weighted by atomic mass is 16.5. The summed E-state index contributed by atoms with van der Waals surface area (Å²) in [7, 11) is 0. The molecule has 0 saturated heterocycles. The summed E-state index contributed by atoms with van der Waals surface area (Å²) in [5.74, 6) is 2.02. The molecule has 1 fully saturated rings. The van der Waals surface area contributed by atoms with Gasteiger partial charge in [0.05, 0.1) is 11.1 Å². The van der Waals surface area contributed by atoms with Crippen LogP contribution in [0.3, 0.4) is 0 Å². The lowest BCUT2D eigenvalue weighted by atomic mass is 9.89. The molecule has 0 bridgehead atoms. The zero-order valence-electron chi connectivity index (χ0n) is 24.7. The highest BCUT2D eigenvalue weighted by Crippen LogP contribution is 2.24. The SMILES string of the molecule is O=C(NC1CCCCC1NC(=O)c1ccccc1OCCOc1ccccc1)c1ccccc1OCCOc1ccccc1. The Hall–Kier alpha value is -4.98. The van der Waals surface area contributed by atoms with Gasteiger partial charge < -0.3 is 29.6 Å². The number of rotatable bonds is 14. The number of benzene rings is 4. The maximum atomic E-state index is 13.4. The molecular weight excluding hydrogens is 556 g/mol. The van der Waals surface area contributed by atoms with Gasteiger partial charge >= 0.3 is 0 Å². The molecule has 0 heterocycles. The fourth-order valence-electron chi connectivity index (χ4n) is 5.18. The Labute approximate surface area is 258 Å². The van der Waals surface area contributed by atoms with Crippen LogP contribution in [0.5, 0.6) is 23.0 Å². The maximum absolute atomic E-state index is 13.4. The summed E-state index contributed by atoms with van der Waals surface area (Å²) in [4.78, 5) is 26.9. The normalized spacial score (nSPS) is 15.9. The first-order valence-electron chi connectivity index (χ1n) is 15.1. The Morgan fingerprint density at radius 3 is 1.30 bits per heavy atom. The number of hydrogen-bond acceptors (Lipinski definition) is 6. The van der Waals surface area contributed by atoms with Crippen molar-refractivity contribution in [2.45, 2.75) is 37.8 Å². The lowest BCUT2D eigenvalue weighted by Gasteiger charge is -2.33. The Balaban J connectivity index is 1.15. The molecule has 2 atom stereocenters. The van der Waals surface area contributed by atoms with Crippen LogP contribution in [0.1, 0.15) is 46.4 Å². The van der Waals surface area contributed by atoms with Crippen LogP contribution in [0.2, 0.25) is 0 Å². The highest BCUT2D eigenvalue weighted by Gasteiger charge is 2.29. The van der Waals surface area contributed by atoms with Gasteiger partial charge in [0.1, 0.15) is 49.4 Å². The summed E-state index contributed by atoms with van der Waals surface area (Å²) >= 11 is 0. The smallest absolute Gasteiger partial charge is 0.255 e. The van der Waals surface area contributed by atoms with Crippen molar-refractivity contribution in [2.24, 2.45) is 0 Å². The van der Waals surface area contributed by atoms with Crippen LogP contribution >= 0.6 is 0 Å². The summed E-state index contributed by atoms with van der Waals surface area (Å²) in [6, 6.07) is 32.9. The minimum Gasteiger partial charge on any atom is -0.490 e. The van der Waals surface area contributed by atoms with Crippen molar-refractivity contribution >= 4 is 11.8 Å².